The number of nitrogen functional groups attached to an aromatic ring is 1. The molecule has 0 saturated carbocycles. The molecule has 0 aliphatic carbocycles. The summed E-state index contributed by atoms with van der Waals surface area (Å²) >= 11 is 0. The van der Waals surface area contributed by atoms with Crippen LogP contribution in [-0.2, 0) is 6.18 Å². The first-order valence-electron chi connectivity index (χ1n) is 6.79. The zero-order valence-corrected chi connectivity index (χ0v) is 11.9. The summed E-state index contributed by atoms with van der Waals surface area (Å²) in [5.74, 6) is 0.851. The van der Waals surface area contributed by atoms with Gasteiger partial charge in [-0.3, -0.25) is 0 Å². The molecule has 3 nitrogen and oxygen atoms in total. The van der Waals surface area contributed by atoms with E-state index < -0.39 is 11.9 Å². The van der Waals surface area contributed by atoms with E-state index in [0.717, 1.165) is 25.2 Å². The zero-order chi connectivity index (χ0) is 15.1. The number of anilines is 2. The summed E-state index contributed by atoms with van der Waals surface area (Å²) in [5, 5.41) is 0. The average molecular weight is 287 g/mol. The number of hydrogen-bond acceptors (Lipinski definition) is 3. The third-order valence-corrected chi connectivity index (χ3v) is 4.11. The van der Waals surface area contributed by atoms with Crippen molar-refractivity contribution in [2.24, 2.45) is 11.8 Å². The molecule has 1 aromatic rings. The summed E-state index contributed by atoms with van der Waals surface area (Å²) in [6.07, 6.45) is -2.26. The van der Waals surface area contributed by atoms with Crippen LogP contribution in [0.2, 0.25) is 0 Å². The van der Waals surface area contributed by atoms with Gasteiger partial charge in [-0.2, -0.15) is 13.2 Å². The van der Waals surface area contributed by atoms with Gasteiger partial charge in [-0.15, -0.1) is 0 Å². The molecule has 1 fully saturated rings. The Bertz CT molecular complexity index is 487. The van der Waals surface area contributed by atoms with E-state index in [2.05, 4.69) is 18.8 Å². The Hall–Kier alpha value is -1.46. The molecule has 112 valence electrons. The Balaban J connectivity index is 2.40. The van der Waals surface area contributed by atoms with E-state index in [1.807, 2.05) is 11.8 Å². The monoisotopic (exact) mass is 287 g/mol. The molecule has 0 bridgehead atoms. The minimum absolute atomic E-state index is 0.164. The van der Waals surface area contributed by atoms with E-state index in [-0.39, 0.29) is 6.04 Å². The first-order valence-corrected chi connectivity index (χ1v) is 6.79. The highest BCUT2D eigenvalue weighted by atomic mass is 19.4. The number of alkyl halides is 3. The molecular weight excluding hydrogens is 267 g/mol. The van der Waals surface area contributed by atoms with Crippen molar-refractivity contribution in [1.29, 1.82) is 0 Å². The van der Waals surface area contributed by atoms with Crippen LogP contribution in [0.3, 0.4) is 0 Å². The van der Waals surface area contributed by atoms with Crippen LogP contribution in [0.4, 0.5) is 24.5 Å². The van der Waals surface area contributed by atoms with Gasteiger partial charge in [-0.25, -0.2) is 4.98 Å². The lowest BCUT2D eigenvalue weighted by Crippen LogP contribution is -2.46. The van der Waals surface area contributed by atoms with Crippen molar-refractivity contribution in [2.45, 2.75) is 39.4 Å². The zero-order valence-electron chi connectivity index (χ0n) is 11.9. The number of piperidine rings is 1. The van der Waals surface area contributed by atoms with Crippen LogP contribution in [0.1, 0.15) is 32.9 Å². The number of nitrogens with two attached hydrogens (primary N) is 1. The van der Waals surface area contributed by atoms with Crippen LogP contribution in [0.5, 0.6) is 0 Å². The number of pyridine rings is 1. The van der Waals surface area contributed by atoms with Crippen LogP contribution in [0.25, 0.3) is 0 Å². The summed E-state index contributed by atoms with van der Waals surface area (Å²) in [4.78, 5) is 5.37. The average Bonchev–Trinajstić information content (AvgIpc) is 2.33. The third-order valence-electron chi connectivity index (χ3n) is 4.11. The molecule has 1 saturated heterocycles. The van der Waals surface area contributed by atoms with E-state index in [1.165, 1.54) is 0 Å². The van der Waals surface area contributed by atoms with E-state index in [9.17, 15) is 13.2 Å². The standard InChI is InChI=1S/C14H20F3N3/c1-8-4-9(2)10(3)20(7-8)12-5-13(14(15,16)17)19-6-11(12)18/h5-6,8-10H,4,7,18H2,1-3H3. The lowest BCUT2D eigenvalue weighted by Gasteiger charge is -2.43. The Kier molecular flexibility index (Phi) is 3.84. The Morgan fingerprint density at radius 2 is 1.95 bits per heavy atom. The van der Waals surface area contributed by atoms with Crippen molar-refractivity contribution in [3.05, 3.63) is 18.0 Å². The third kappa shape index (κ3) is 2.83. The quantitative estimate of drug-likeness (QED) is 0.859. The normalized spacial score (nSPS) is 27.7. The second-order valence-electron chi connectivity index (χ2n) is 5.84. The molecular formula is C14H20F3N3. The maximum absolute atomic E-state index is 12.8. The highest BCUT2D eigenvalue weighted by molar-refractivity contribution is 5.67. The summed E-state index contributed by atoms with van der Waals surface area (Å²) < 4.78 is 38.4. The smallest absolute Gasteiger partial charge is 0.396 e. The fourth-order valence-electron chi connectivity index (χ4n) is 2.89. The Morgan fingerprint density at radius 3 is 2.55 bits per heavy atom. The van der Waals surface area contributed by atoms with Gasteiger partial charge < -0.3 is 10.6 Å². The van der Waals surface area contributed by atoms with Crippen molar-refractivity contribution >= 4 is 11.4 Å². The molecule has 2 heterocycles. The molecule has 20 heavy (non-hydrogen) atoms. The van der Waals surface area contributed by atoms with E-state index in [4.69, 9.17) is 5.73 Å². The predicted molar refractivity (Wildman–Crippen MR) is 73.4 cm³/mol. The summed E-state index contributed by atoms with van der Waals surface area (Å²) in [5.41, 5.74) is 5.70. The van der Waals surface area contributed by atoms with Crippen molar-refractivity contribution < 1.29 is 13.2 Å². The molecule has 3 atom stereocenters. The number of rotatable bonds is 1. The molecule has 0 spiro atoms. The molecule has 3 unspecified atom stereocenters. The lowest BCUT2D eigenvalue weighted by molar-refractivity contribution is -0.141. The van der Waals surface area contributed by atoms with Crippen molar-refractivity contribution in [3.63, 3.8) is 0 Å². The van der Waals surface area contributed by atoms with Gasteiger partial charge in [0.2, 0.25) is 0 Å². The fourth-order valence-corrected chi connectivity index (χ4v) is 2.89. The first kappa shape index (κ1) is 14.9. The van der Waals surface area contributed by atoms with Gasteiger partial charge in [0.25, 0.3) is 0 Å². The molecule has 1 aliphatic heterocycles. The highest BCUT2D eigenvalue weighted by Gasteiger charge is 2.35. The van der Waals surface area contributed by atoms with E-state index >= 15 is 0 Å². The number of aromatic nitrogens is 1. The molecule has 0 radical (unpaired) electrons. The second-order valence-corrected chi connectivity index (χ2v) is 5.84. The summed E-state index contributed by atoms with van der Waals surface area (Å²) in [6.45, 7) is 6.98. The van der Waals surface area contributed by atoms with Gasteiger partial charge in [-0.05, 0) is 31.2 Å². The van der Waals surface area contributed by atoms with Crippen molar-refractivity contribution in [3.8, 4) is 0 Å². The second kappa shape index (κ2) is 5.14. The van der Waals surface area contributed by atoms with Gasteiger partial charge >= 0.3 is 6.18 Å². The molecule has 1 aromatic heterocycles. The Labute approximate surface area is 117 Å². The number of nitrogens with zero attached hydrogens (tertiary/aromatic N) is 2. The van der Waals surface area contributed by atoms with Crippen LogP contribution in [-0.4, -0.2) is 17.6 Å². The molecule has 1 aliphatic rings. The van der Waals surface area contributed by atoms with Crippen molar-refractivity contribution in [2.75, 3.05) is 17.2 Å². The molecule has 0 aromatic carbocycles. The van der Waals surface area contributed by atoms with E-state index in [0.29, 0.717) is 23.2 Å². The van der Waals surface area contributed by atoms with Crippen LogP contribution >= 0.6 is 0 Å². The molecule has 2 N–H and O–H groups in total. The van der Waals surface area contributed by atoms with Crippen LogP contribution < -0.4 is 10.6 Å². The van der Waals surface area contributed by atoms with Gasteiger partial charge in [0.15, 0.2) is 0 Å². The minimum Gasteiger partial charge on any atom is -0.396 e. The minimum atomic E-state index is -4.45. The molecule has 0 amide bonds. The number of halogens is 3. The first-order chi connectivity index (χ1) is 9.20. The molecule has 6 heteroatoms. The van der Waals surface area contributed by atoms with Crippen LogP contribution in [0.15, 0.2) is 12.3 Å². The molecule has 2 rings (SSSR count). The highest BCUT2D eigenvalue weighted by Crippen LogP contribution is 2.37. The fraction of sp³-hybridized carbons (Fsp3) is 0.643. The topological polar surface area (TPSA) is 42.2 Å². The van der Waals surface area contributed by atoms with E-state index in [1.54, 1.807) is 0 Å². The van der Waals surface area contributed by atoms with Gasteiger partial charge in [0.05, 0.1) is 17.6 Å². The largest absolute Gasteiger partial charge is 0.433 e. The van der Waals surface area contributed by atoms with Gasteiger partial charge in [-0.1, -0.05) is 13.8 Å². The van der Waals surface area contributed by atoms with Crippen LogP contribution in [0, 0.1) is 11.8 Å². The maximum atomic E-state index is 12.8. The SMILES string of the molecule is CC1CC(C)C(C)N(c2cc(C(F)(F)F)ncc2N)C1. The lowest BCUT2D eigenvalue weighted by atomic mass is 9.85. The maximum Gasteiger partial charge on any atom is 0.433 e. The Morgan fingerprint density at radius 1 is 1.30 bits per heavy atom. The predicted octanol–water partition coefficient (Wildman–Crippen LogP) is 3.55. The van der Waals surface area contributed by atoms with Gasteiger partial charge in [0, 0.05) is 12.6 Å². The number of hydrogen-bond donors (Lipinski definition) is 1. The van der Waals surface area contributed by atoms with Gasteiger partial charge in [0.1, 0.15) is 5.69 Å². The summed E-state index contributed by atoms with van der Waals surface area (Å²) in [7, 11) is 0. The summed E-state index contributed by atoms with van der Waals surface area (Å²) in [6, 6.07) is 1.23. The van der Waals surface area contributed by atoms with Crippen molar-refractivity contribution in [1.82, 2.24) is 4.98 Å².